The number of hydrogen-bond donors (Lipinski definition) is 1. The van der Waals surface area contributed by atoms with Crippen LogP contribution >= 0.6 is 11.3 Å². The van der Waals surface area contributed by atoms with E-state index in [1.807, 2.05) is 6.07 Å². The fourth-order valence-corrected chi connectivity index (χ4v) is 3.62. The lowest BCUT2D eigenvalue weighted by molar-refractivity contribution is -0.137. The van der Waals surface area contributed by atoms with E-state index in [0.717, 1.165) is 17.5 Å². The molecule has 3 aromatic rings. The predicted octanol–water partition coefficient (Wildman–Crippen LogP) is 2.53. The monoisotopic (exact) mass is 478 g/mol. The average Bonchev–Trinajstić information content (AvgIpc) is 3.39. The molecule has 1 atom stereocenters. The van der Waals surface area contributed by atoms with Crippen LogP contribution in [0.15, 0.2) is 24.7 Å². The number of nitrogens with zero attached hydrogens (tertiary/aromatic N) is 7. The summed E-state index contributed by atoms with van der Waals surface area (Å²) in [6, 6.07) is 1.83. The molecule has 14 heteroatoms. The number of carbonyl (C=O) groups is 2. The lowest BCUT2D eigenvalue weighted by Gasteiger charge is -2.14. The molecule has 0 aliphatic carbocycles. The first-order chi connectivity index (χ1) is 15.5. The van der Waals surface area contributed by atoms with E-state index in [9.17, 15) is 22.8 Å². The van der Waals surface area contributed by atoms with Crippen molar-refractivity contribution in [3.8, 4) is 11.2 Å². The summed E-state index contributed by atoms with van der Waals surface area (Å²) in [7, 11) is 1.48. The van der Waals surface area contributed by atoms with Gasteiger partial charge in [-0.3, -0.25) is 14.6 Å². The first-order valence-electron chi connectivity index (χ1n) is 9.36. The normalized spacial score (nSPS) is 12.2. The summed E-state index contributed by atoms with van der Waals surface area (Å²) in [5, 5.41) is 15.9. The summed E-state index contributed by atoms with van der Waals surface area (Å²) in [6.07, 6.45) is -1.62. The van der Waals surface area contributed by atoms with Gasteiger partial charge in [0.05, 0.1) is 29.4 Å². The van der Waals surface area contributed by atoms with E-state index in [1.165, 1.54) is 22.8 Å². The minimum Gasteiger partial charge on any atom is -0.342 e. The maximum absolute atomic E-state index is 12.9. The molecule has 0 aliphatic rings. The van der Waals surface area contributed by atoms with Gasteiger partial charge >= 0.3 is 6.18 Å². The Kier molecular flexibility index (Phi) is 6.73. The van der Waals surface area contributed by atoms with Crippen molar-refractivity contribution in [3.05, 3.63) is 52.3 Å². The molecule has 3 aromatic heterocycles. The third-order valence-electron chi connectivity index (χ3n) is 4.34. The molecule has 0 spiro atoms. The second kappa shape index (κ2) is 9.33. The fourth-order valence-electron chi connectivity index (χ4n) is 2.74. The van der Waals surface area contributed by atoms with Gasteiger partial charge in [0, 0.05) is 19.4 Å². The van der Waals surface area contributed by atoms with Crippen LogP contribution in [0.5, 0.6) is 0 Å². The molecular weight excluding hydrogens is 461 g/mol. The standard InChI is InChI=1S/C19H17F3N8O2S/c1-10(26-16(31)12-6-13(8-24-7-12)19(20,21)22)15-27-11(2)28-30(15)18-25-9-14(33-18)17(32)29(3)5-4-23/h6-10H,5H2,1-3H3,(H,26,31)/t10-/m0/s1. The quantitative estimate of drug-likeness (QED) is 0.539. The Morgan fingerprint density at radius 1 is 1.33 bits per heavy atom. The highest BCUT2D eigenvalue weighted by Crippen LogP contribution is 2.29. The molecule has 0 aliphatic heterocycles. The number of nitrogens with one attached hydrogen (secondary N) is 1. The zero-order chi connectivity index (χ0) is 24.3. The number of thiazole rings is 1. The van der Waals surface area contributed by atoms with E-state index in [-0.39, 0.29) is 22.8 Å². The maximum Gasteiger partial charge on any atom is 0.417 e. The molecule has 0 fully saturated rings. The Morgan fingerprint density at radius 2 is 2.06 bits per heavy atom. The van der Waals surface area contributed by atoms with Gasteiger partial charge in [-0.2, -0.15) is 23.1 Å². The number of pyridine rings is 1. The van der Waals surface area contributed by atoms with Crippen LogP contribution < -0.4 is 5.32 Å². The number of aryl methyl sites for hydroxylation is 1. The summed E-state index contributed by atoms with van der Waals surface area (Å²) in [5.74, 6) is -0.547. The van der Waals surface area contributed by atoms with Gasteiger partial charge in [0.2, 0.25) is 5.13 Å². The van der Waals surface area contributed by atoms with Crippen LogP contribution in [-0.2, 0) is 6.18 Å². The van der Waals surface area contributed by atoms with Crippen molar-refractivity contribution in [3.63, 3.8) is 0 Å². The van der Waals surface area contributed by atoms with Crippen molar-refractivity contribution in [2.45, 2.75) is 26.1 Å². The molecule has 0 radical (unpaired) electrons. The molecule has 3 rings (SSSR count). The van der Waals surface area contributed by atoms with Gasteiger partial charge in [0.15, 0.2) is 5.82 Å². The highest BCUT2D eigenvalue weighted by Gasteiger charge is 2.32. The molecule has 0 aromatic carbocycles. The van der Waals surface area contributed by atoms with Gasteiger partial charge in [0.1, 0.15) is 17.2 Å². The molecule has 0 unspecified atom stereocenters. The highest BCUT2D eigenvalue weighted by atomic mass is 32.1. The van der Waals surface area contributed by atoms with Gasteiger partial charge in [-0.25, -0.2) is 9.97 Å². The average molecular weight is 478 g/mol. The number of alkyl halides is 3. The smallest absolute Gasteiger partial charge is 0.342 e. The highest BCUT2D eigenvalue weighted by molar-refractivity contribution is 7.16. The van der Waals surface area contributed by atoms with Crippen molar-refractivity contribution < 1.29 is 22.8 Å². The number of rotatable bonds is 6. The Labute approximate surface area is 189 Å². The van der Waals surface area contributed by atoms with Crippen molar-refractivity contribution in [2.75, 3.05) is 13.6 Å². The topological polar surface area (TPSA) is 130 Å². The van der Waals surface area contributed by atoms with Crippen LogP contribution in [0.1, 0.15) is 50.2 Å². The summed E-state index contributed by atoms with van der Waals surface area (Å²) in [4.78, 5) is 38.3. The Hall–Kier alpha value is -3.86. The number of amides is 2. The Balaban J connectivity index is 1.83. The summed E-state index contributed by atoms with van der Waals surface area (Å²) in [5.41, 5.74) is -1.30. The zero-order valence-electron chi connectivity index (χ0n) is 17.6. The van der Waals surface area contributed by atoms with Crippen molar-refractivity contribution >= 4 is 23.2 Å². The number of hydrogen-bond acceptors (Lipinski definition) is 8. The second-order valence-corrected chi connectivity index (χ2v) is 7.92. The first kappa shape index (κ1) is 23.8. The van der Waals surface area contributed by atoms with Crippen LogP contribution in [0, 0.1) is 18.3 Å². The van der Waals surface area contributed by atoms with E-state index in [2.05, 4.69) is 25.4 Å². The zero-order valence-corrected chi connectivity index (χ0v) is 18.4. The predicted molar refractivity (Wildman–Crippen MR) is 109 cm³/mol. The Bertz CT molecular complexity index is 1230. The van der Waals surface area contributed by atoms with E-state index >= 15 is 0 Å². The summed E-state index contributed by atoms with van der Waals surface area (Å²) >= 11 is 1.01. The molecule has 33 heavy (non-hydrogen) atoms. The Morgan fingerprint density at radius 3 is 2.73 bits per heavy atom. The summed E-state index contributed by atoms with van der Waals surface area (Å²) in [6.45, 7) is 3.11. The minimum absolute atomic E-state index is 0.0901. The van der Waals surface area contributed by atoms with E-state index in [0.29, 0.717) is 23.2 Å². The molecular formula is C19H17F3N8O2S. The molecule has 172 valence electrons. The van der Waals surface area contributed by atoms with Gasteiger partial charge in [-0.15, -0.1) is 5.10 Å². The van der Waals surface area contributed by atoms with Crippen LogP contribution in [-0.4, -0.2) is 55.0 Å². The SMILES string of the molecule is Cc1nc([C@H](C)NC(=O)c2cncc(C(F)(F)F)c2)n(-c2ncc(C(=O)N(C)CC#N)s2)n1. The van der Waals surface area contributed by atoms with Crippen LogP contribution in [0.4, 0.5) is 13.2 Å². The molecule has 3 heterocycles. The van der Waals surface area contributed by atoms with Gasteiger partial charge in [0.25, 0.3) is 11.8 Å². The van der Waals surface area contributed by atoms with E-state index < -0.39 is 29.6 Å². The van der Waals surface area contributed by atoms with Crippen molar-refractivity contribution in [1.29, 1.82) is 5.26 Å². The molecule has 0 saturated heterocycles. The number of halogens is 3. The van der Waals surface area contributed by atoms with Gasteiger partial charge in [-0.1, -0.05) is 11.3 Å². The lowest BCUT2D eigenvalue weighted by Crippen LogP contribution is -2.29. The third-order valence-corrected chi connectivity index (χ3v) is 5.30. The molecule has 0 saturated carbocycles. The van der Waals surface area contributed by atoms with Crippen LogP contribution in [0.2, 0.25) is 0 Å². The minimum atomic E-state index is -4.63. The fraction of sp³-hybridized carbons (Fsp3) is 0.316. The first-order valence-corrected chi connectivity index (χ1v) is 10.2. The summed E-state index contributed by atoms with van der Waals surface area (Å²) < 4.78 is 40.1. The van der Waals surface area contributed by atoms with E-state index in [1.54, 1.807) is 13.8 Å². The van der Waals surface area contributed by atoms with Crippen LogP contribution in [0.3, 0.4) is 0 Å². The van der Waals surface area contributed by atoms with Gasteiger partial charge in [-0.05, 0) is 19.9 Å². The second-order valence-electron chi connectivity index (χ2n) is 6.91. The van der Waals surface area contributed by atoms with Crippen molar-refractivity contribution in [1.82, 2.24) is 34.9 Å². The molecule has 10 nitrogen and oxygen atoms in total. The number of nitriles is 1. The number of carbonyl (C=O) groups excluding carboxylic acids is 2. The molecule has 1 N–H and O–H groups in total. The molecule has 0 bridgehead atoms. The third kappa shape index (κ3) is 5.32. The van der Waals surface area contributed by atoms with E-state index in [4.69, 9.17) is 5.26 Å². The molecule has 2 amide bonds. The van der Waals surface area contributed by atoms with Crippen molar-refractivity contribution in [2.24, 2.45) is 0 Å². The van der Waals surface area contributed by atoms with Crippen LogP contribution in [0.25, 0.3) is 5.13 Å². The largest absolute Gasteiger partial charge is 0.417 e. The lowest BCUT2D eigenvalue weighted by atomic mass is 10.2. The van der Waals surface area contributed by atoms with Gasteiger partial charge < -0.3 is 10.2 Å². The number of aromatic nitrogens is 5. The maximum atomic E-state index is 12.9.